The molecule has 1 aromatic rings. The molecule has 3 heteroatoms. The van der Waals surface area contributed by atoms with Gasteiger partial charge in [0.1, 0.15) is 0 Å². The molecule has 0 spiro atoms. The summed E-state index contributed by atoms with van der Waals surface area (Å²) in [5.41, 5.74) is 0. The Balaban J connectivity index is 2.52. The van der Waals surface area contributed by atoms with Crippen molar-refractivity contribution in [2.75, 3.05) is 0 Å². The molecule has 98 valence electrons. The van der Waals surface area contributed by atoms with Crippen molar-refractivity contribution in [3.05, 3.63) is 11.7 Å². The van der Waals surface area contributed by atoms with Gasteiger partial charge in [-0.05, 0) is 11.8 Å². The van der Waals surface area contributed by atoms with Gasteiger partial charge in [0.2, 0.25) is 5.89 Å². The quantitative estimate of drug-likeness (QED) is 0.686. The second-order valence-corrected chi connectivity index (χ2v) is 4.88. The molecule has 0 aliphatic carbocycles. The molecule has 0 unspecified atom stereocenters. The van der Waals surface area contributed by atoms with Gasteiger partial charge in [-0.15, -0.1) is 0 Å². The van der Waals surface area contributed by atoms with Gasteiger partial charge in [0.15, 0.2) is 5.82 Å². The maximum absolute atomic E-state index is 5.33. The first-order chi connectivity index (χ1) is 8.23. The van der Waals surface area contributed by atoms with Crippen LogP contribution in [0.5, 0.6) is 0 Å². The standard InChI is InChI=1S/C14H26N2O/c1-5-11(6-2)9-13-15-14(17-16-13)10-12(7-3)8-4/h11-12H,5-10H2,1-4H3. The molecule has 1 aromatic heterocycles. The lowest BCUT2D eigenvalue weighted by Gasteiger charge is -2.08. The maximum atomic E-state index is 5.33. The Labute approximate surface area is 105 Å². The van der Waals surface area contributed by atoms with Crippen LogP contribution in [0.15, 0.2) is 4.52 Å². The van der Waals surface area contributed by atoms with E-state index in [1.54, 1.807) is 0 Å². The molecular weight excluding hydrogens is 212 g/mol. The molecule has 1 heterocycles. The van der Waals surface area contributed by atoms with Crippen molar-refractivity contribution in [2.24, 2.45) is 11.8 Å². The fourth-order valence-electron chi connectivity index (χ4n) is 2.12. The number of hydrogen-bond donors (Lipinski definition) is 0. The predicted octanol–water partition coefficient (Wildman–Crippen LogP) is 4.03. The van der Waals surface area contributed by atoms with E-state index in [4.69, 9.17) is 4.52 Å². The summed E-state index contributed by atoms with van der Waals surface area (Å²) in [5, 5.41) is 4.09. The SMILES string of the molecule is CCC(CC)Cc1noc(CC(CC)CC)n1. The summed E-state index contributed by atoms with van der Waals surface area (Å²) in [6.45, 7) is 8.88. The molecular formula is C14H26N2O. The molecule has 0 bridgehead atoms. The Bertz CT molecular complexity index is 272. The minimum Gasteiger partial charge on any atom is -0.339 e. The van der Waals surface area contributed by atoms with Crippen LogP contribution in [0.2, 0.25) is 0 Å². The molecule has 0 aromatic carbocycles. The molecule has 0 aliphatic heterocycles. The summed E-state index contributed by atoms with van der Waals surface area (Å²) in [6, 6.07) is 0. The highest BCUT2D eigenvalue weighted by atomic mass is 16.5. The largest absolute Gasteiger partial charge is 0.339 e. The van der Waals surface area contributed by atoms with Crippen molar-refractivity contribution in [2.45, 2.75) is 66.2 Å². The van der Waals surface area contributed by atoms with E-state index in [-0.39, 0.29) is 0 Å². The Morgan fingerprint density at radius 1 is 0.882 bits per heavy atom. The van der Waals surface area contributed by atoms with Gasteiger partial charge in [-0.25, -0.2) is 0 Å². The minimum absolute atomic E-state index is 0.677. The van der Waals surface area contributed by atoms with E-state index in [2.05, 4.69) is 37.8 Å². The van der Waals surface area contributed by atoms with E-state index in [1.165, 1.54) is 25.7 Å². The summed E-state index contributed by atoms with van der Waals surface area (Å²) in [7, 11) is 0. The van der Waals surface area contributed by atoms with Crippen molar-refractivity contribution in [1.29, 1.82) is 0 Å². The summed E-state index contributed by atoms with van der Waals surface area (Å²) < 4.78 is 5.33. The average Bonchev–Trinajstić information content (AvgIpc) is 2.80. The lowest BCUT2D eigenvalue weighted by Crippen LogP contribution is -2.04. The molecule has 17 heavy (non-hydrogen) atoms. The number of rotatable bonds is 8. The minimum atomic E-state index is 0.677. The van der Waals surface area contributed by atoms with Crippen LogP contribution in [0.1, 0.15) is 65.1 Å². The molecule has 0 aliphatic rings. The van der Waals surface area contributed by atoms with Crippen molar-refractivity contribution < 1.29 is 4.52 Å². The zero-order valence-corrected chi connectivity index (χ0v) is 11.7. The van der Waals surface area contributed by atoms with Crippen LogP contribution in [0.3, 0.4) is 0 Å². The number of hydrogen-bond acceptors (Lipinski definition) is 3. The third-order valence-electron chi connectivity index (χ3n) is 3.75. The van der Waals surface area contributed by atoms with Gasteiger partial charge in [0.05, 0.1) is 0 Å². The van der Waals surface area contributed by atoms with Crippen LogP contribution in [-0.4, -0.2) is 10.1 Å². The molecule has 0 atom stereocenters. The van der Waals surface area contributed by atoms with E-state index in [0.29, 0.717) is 11.8 Å². The molecule has 1 rings (SSSR count). The molecule has 0 saturated heterocycles. The van der Waals surface area contributed by atoms with E-state index in [0.717, 1.165) is 24.6 Å². The fraction of sp³-hybridized carbons (Fsp3) is 0.857. The smallest absolute Gasteiger partial charge is 0.226 e. The van der Waals surface area contributed by atoms with Gasteiger partial charge in [0.25, 0.3) is 0 Å². The summed E-state index contributed by atoms with van der Waals surface area (Å²) in [6.07, 6.45) is 6.63. The second-order valence-electron chi connectivity index (χ2n) is 4.88. The van der Waals surface area contributed by atoms with E-state index in [1.807, 2.05) is 0 Å². The highest BCUT2D eigenvalue weighted by molar-refractivity contribution is 4.89. The molecule has 0 radical (unpaired) electrons. The normalized spacial score (nSPS) is 11.6. The molecule has 0 saturated carbocycles. The Kier molecular flexibility index (Phi) is 6.23. The topological polar surface area (TPSA) is 38.9 Å². The van der Waals surface area contributed by atoms with Gasteiger partial charge in [0, 0.05) is 12.8 Å². The van der Waals surface area contributed by atoms with Gasteiger partial charge in [-0.1, -0.05) is 58.5 Å². The molecule has 0 fully saturated rings. The van der Waals surface area contributed by atoms with Crippen molar-refractivity contribution >= 4 is 0 Å². The van der Waals surface area contributed by atoms with Crippen molar-refractivity contribution in [1.82, 2.24) is 10.1 Å². The third kappa shape index (κ3) is 4.49. The first-order valence-electron chi connectivity index (χ1n) is 7.04. The monoisotopic (exact) mass is 238 g/mol. The average molecular weight is 238 g/mol. The van der Waals surface area contributed by atoms with E-state index in [9.17, 15) is 0 Å². The lowest BCUT2D eigenvalue weighted by atomic mass is 9.99. The first kappa shape index (κ1) is 14.2. The molecule has 0 N–H and O–H groups in total. The second kappa shape index (κ2) is 7.46. The number of aromatic nitrogens is 2. The Hall–Kier alpha value is -0.860. The summed E-state index contributed by atoms with van der Waals surface area (Å²) in [5.74, 6) is 3.07. The van der Waals surface area contributed by atoms with Crippen LogP contribution in [0.25, 0.3) is 0 Å². The fourth-order valence-corrected chi connectivity index (χ4v) is 2.12. The van der Waals surface area contributed by atoms with Crippen molar-refractivity contribution in [3.8, 4) is 0 Å². The van der Waals surface area contributed by atoms with Crippen LogP contribution in [0, 0.1) is 11.8 Å². The third-order valence-corrected chi connectivity index (χ3v) is 3.75. The van der Waals surface area contributed by atoms with Gasteiger partial charge in [-0.2, -0.15) is 4.98 Å². The zero-order valence-electron chi connectivity index (χ0n) is 11.7. The van der Waals surface area contributed by atoms with Gasteiger partial charge in [-0.3, -0.25) is 0 Å². The van der Waals surface area contributed by atoms with Crippen molar-refractivity contribution in [3.63, 3.8) is 0 Å². The Morgan fingerprint density at radius 3 is 1.94 bits per heavy atom. The number of nitrogens with zero attached hydrogens (tertiary/aromatic N) is 2. The van der Waals surface area contributed by atoms with Crippen LogP contribution >= 0.6 is 0 Å². The van der Waals surface area contributed by atoms with Crippen LogP contribution < -0.4 is 0 Å². The maximum Gasteiger partial charge on any atom is 0.226 e. The lowest BCUT2D eigenvalue weighted by molar-refractivity contribution is 0.339. The summed E-state index contributed by atoms with van der Waals surface area (Å²) >= 11 is 0. The predicted molar refractivity (Wildman–Crippen MR) is 69.9 cm³/mol. The first-order valence-corrected chi connectivity index (χ1v) is 7.04. The van der Waals surface area contributed by atoms with Crippen LogP contribution in [-0.2, 0) is 12.8 Å². The summed E-state index contributed by atoms with van der Waals surface area (Å²) in [4.78, 5) is 4.50. The van der Waals surface area contributed by atoms with Gasteiger partial charge < -0.3 is 4.52 Å². The molecule has 3 nitrogen and oxygen atoms in total. The molecule has 0 amide bonds. The highest BCUT2D eigenvalue weighted by Crippen LogP contribution is 2.16. The van der Waals surface area contributed by atoms with E-state index < -0.39 is 0 Å². The Morgan fingerprint density at radius 2 is 1.41 bits per heavy atom. The highest BCUT2D eigenvalue weighted by Gasteiger charge is 2.14. The van der Waals surface area contributed by atoms with E-state index >= 15 is 0 Å². The van der Waals surface area contributed by atoms with Gasteiger partial charge >= 0.3 is 0 Å². The van der Waals surface area contributed by atoms with Crippen LogP contribution in [0.4, 0.5) is 0 Å². The zero-order chi connectivity index (χ0) is 12.7.